The molecular formula is C14H21FN2O. The van der Waals surface area contributed by atoms with Crippen LogP contribution in [0.15, 0.2) is 24.3 Å². The van der Waals surface area contributed by atoms with Gasteiger partial charge in [0, 0.05) is 26.1 Å². The Morgan fingerprint density at radius 3 is 2.83 bits per heavy atom. The standard InChI is InChI=1S/C14H21FN2O/c1-3-5-13(16)9-14(18)17(2)10-11-6-4-7-12(15)8-11/h4,6-8,13H,3,5,9-10,16H2,1-2H3. The molecule has 1 unspecified atom stereocenters. The van der Waals surface area contributed by atoms with E-state index in [4.69, 9.17) is 5.73 Å². The van der Waals surface area contributed by atoms with E-state index in [1.165, 1.54) is 12.1 Å². The van der Waals surface area contributed by atoms with Crippen molar-refractivity contribution in [3.8, 4) is 0 Å². The number of halogens is 1. The first-order chi connectivity index (χ1) is 8.52. The second kappa shape index (κ2) is 7.11. The average Bonchev–Trinajstić information content (AvgIpc) is 2.29. The van der Waals surface area contributed by atoms with Crippen LogP contribution in [-0.4, -0.2) is 23.9 Å². The first-order valence-electron chi connectivity index (χ1n) is 6.27. The number of hydrogen-bond donors (Lipinski definition) is 1. The van der Waals surface area contributed by atoms with Crippen molar-refractivity contribution in [2.45, 2.75) is 38.8 Å². The predicted octanol–water partition coefficient (Wildman–Crippen LogP) is 2.30. The summed E-state index contributed by atoms with van der Waals surface area (Å²) >= 11 is 0. The Balaban J connectivity index is 2.49. The Bertz CT molecular complexity index is 395. The van der Waals surface area contributed by atoms with Crippen molar-refractivity contribution in [3.05, 3.63) is 35.6 Å². The van der Waals surface area contributed by atoms with Crippen molar-refractivity contribution in [3.63, 3.8) is 0 Å². The summed E-state index contributed by atoms with van der Waals surface area (Å²) in [6, 6.07) is 6.19. The SMILES string of the molecule is CCCC(N)CC(=O)N(C)Cc1cccc(F)c1. The molecule has 4 heteroatoms. The van der Waals surface area contributed by atoms with Gasteiger partial charge in [-0.2, -0.15) is 0 Å². The minimum absolute atomic E-state index is 0.000196. The zero-order valence-corrected chi connectivity index (χ0v) is 11.0. The van der Waals surface area contributed by atoms with Crippen LogP contribution in [0.2, 0.25) is 0 Å². The Kier molecular flexibility index (Phi) is 5.78. The molecule has 1 rings (SSSR count). The summed E-state index contributed by atoms with van der Waals surface area (Å²) in [4.78, 5) is 13.5. The molecule has 0 fully saturated rings. The monoisotopic (exact) mass is 252 g/mol. The van der Waals surface area contributed by atoms with E-state index >= 15 is 0 Å². The number of carbonyl (C=O) groups excluding carboxylic acids is 1. The molecule has 2 N–H and O–H groups in total. The predicted molar refractivity (Wildman–Crippen MR) is 70.4 cm³/mol. The second-order valence-corrected chi connectivity index (χ2v) is 4.63. The summed E-state index contributed by atoms with van der Waals surface area (Å²) in [7, 11) is 1.71. The molecule has 1 aromatic carbocycles. The molecule has 1 atom stereocenters. The zero-order valence-electron chi connectivity index (χ0n) is 11.0. The van der Waals surface area contributed by atoms with Crippen LogP contribution in [0.5, 0.6) is 0 Å². The quantitative estimate of drug-likeness (QED) is 0.844. The van der Waals surface area contributed by atoms with Crippen LogP contribution in [0, 0.1) is 5.82 Å². The Morgan fingerprint density at radius 1 is 1.50 bits per heavy atom. The van der Waals surface area contributed by atoms with Crippen LogP contribution in [-0.2, 0) is 11.3 Å². The highest BCUT2D eigenvalue weighted by molar-refractivity contribution is 5.76. The highest BCUT2D eigenvalue weighted by Crippen LogP contribution is 2.08. The summed E-state index contributed by atoms with van der Waals surface area (Å²) < 4.78 is 13.0. The van der Waals surface area contributed by atoms with E-state index in [0.29, 0.717) is 13.0 Å². The topological polar surface area (TPSA) is 46.3 Å². The van der Waals surface area contributed by atoms with Crippen molar-refractivity contribution < 1.29 is 9.18 Å². The lowest BCUT2D eigenvalue weighted by molar-refractivity contribution is -0.130. The van der Waals surface area contributed by atoms with Gasteiger partial charge in [0.25, 0.3) is 0 Å². The van der Waals surface area contributed by atoms with E-state index in [-0.39, 0.29) is 17.8 Å². The van der Waals surface area contributed by atoms with Crippen molar-refractivity contribution in [1.82, 2.24) is 4.90 Å². The largest absolute Gasteiger partial charge is 0.341 e. The molecule has 1 amide bonds. The molecule has 0 radical (unpaired) electrons. The van der Waals surface area contributed by atoms with Crippen molar-refractivity contribution in [1.29, 1.82) is 0 Å². The molecule has 0 bridgehead atoms. The van der Waals surface area contributed by atoms with Crippen LogP contribution in [0.25, 0.3) is 0 Å². The summed E-state index contributed by atoms with van der Waals surface area (Å²) in [6.45, 7) is 2.45. The molecule has 0 aliphatic heterocycles. The minimum atomic E-state index is -0.281. The second-order valence-electron chi connectivity index (χ2n) is 4.63. The summed E-state index contributed by atoms with van der Waals surface area (Å²) in [5.74, 6) is -0.281. The van der Waals surface area contributed by atoms with E-state index in [1.54, 1.807) is 24.1 Å². The Hall–Kier alpha value is -1.42. The maximum Gasteiger partial charge on any atom is 0.224 e. The van der Waals surface area contributed by atoms with Crippen molar-refractivity contribution >= 4 is 5.91 Å². The van der Waals surface area contributed by atoms with Crippen LogP contribution >= 0.6 is 0 Å². The molecule has 0 saturated heterocycles. The lowest BCUT2D eigenvalue weighted by Crippen LogP contribution is -2.32. The van der Waals surface area contributed by atoms with E-state index in [1.807, 2.05) is 6.92 Å². The van der Waals surface area contributed by atoms with Crippen LogP contribution < -0.4 is 5.73 Å². The molecule has 3 nitrogen and oxygen atoms in total. The van der Waals surface area contributed by atoms with Gasteiger partial charge in [-0.1, -0.05) is 25.5 Å². The normalized spacial score (nSPS) is 12.2. The summed E-state index contributed by atoms with van der Waals surface area (Å²) in [5, 5.41) is 0. The van der Waals surface area contributed by atoms with Crippen molar-refractivity contribution in [2.75, 3.05) is 7.05 Å². The smallest absolute Gasteiger partial charge is 0.224 e. The number of rotatable bonds is 6. The Labute approximate surface area is 108 Å². The maximum absolute atomic E-state index is 13.0. The number of nitrogens with two attached hydrogens (primary N) is 1. The molecule has 1 aromatic rings. The minimum Gasteiger partial charge on any atom is -0.341 e. The van der Waals surface area contributed by atoms with Gasteiger partial charge in [-0.25, -0.2) is 4.39 Å². The van der Waals surface area contributed by atoms with Gasteiger partial charge in [0.2, 0.25) is 5.91 Å². The van der Waals surface area contributed by atoms with Crippen LogP contribution in [0.4, 0.5) is 4.39 Å². The number of carbonyl (C=O) groups is 1. The molecule has 0 aromatic heterocycles. The molecule has 18 heavy (non-hydrogen) atoms. The van der Waals surface area contributed by atoms with Gasteiger partial charge in [-0.05, 0) is 24.1 Å². The molecule has 100 valence electrons. The number of benzene rings is 1. The first-order valence-corrected chi connectivity index (χ1v) is 6.27. The summed E-state index contributed by atoms with van der Waals surface area (Å²) in [5.41, 5.74) is 6.62. The average molecular weight is 252 g/mol. The van der Waals surface area contributed by atoms with Gasteiger partial charge < -0.3 is 10.6 Å². The van der Waals surface area contributed by atoms with Crippen molar-refractivity contribution in [2.24, 2.45) is 5.73 Å². The zero-order chi connectivity index (χ0) is 13.5. The number of nitrogens with zero attached hydrogens (tertiary/aromatic N) is 1. The van der Waals surface area contributed by atoms with Gasteiger partial charge in [-0.3, -0.25) is 4.79 Å². The van der Waals surface area contributed by atoms with Crippen LogP contribution in [0.3, 0.4) is 0 Å². The van der Waals surface area contributed by atoms with Gasteiger partial charge in [0.05, 0.1) is 0 Å². The van der Waals surface area contributed by atoms with E-state index in [9.17, 15) is 9.18 Å². The third-order valence-corrected chi connectivity index (χ3v) is 2.83. The maximum atomic E-state index is 13.0. The third kappa shape index (κ3) is 4.84. The fourth-order valence-electron chi connectivity index (χ4n) is 1.85. The van der Waals surface area contributed by atoms with E-state index < -0.39 is 0 Å². The lowest BCUT2D eigenvalue weighted by Gasteiger charge is -2.19. The Morgan fingerprint density at radius 2 is 2.22 bits per heavy atom. The van der Waals surface area contributed by atoms with Gasteiger partial charge >= 0.3 is 0 Å². The summed E-state index contributed by atoms with van der Waals surface area (Å²) in [6.07, 6.45) is 2.17. The number of amides is 1. The lowest BCUT2D eigenvalue weighted by atomic mass is 10.1. The first kappa shape index (κ1) is 14.6. The molecule has 0 heterocycles. The van der Waals surface area contributed by atoms with Gasteiger partial charge in [0.1, 0.15) is 5.82 Å². The number of hydrogen-bond acceptors (Lipinski definition) is 2. The van der Waals surface area contributed by atoms with E-state index in [0.717, 1.165) is 18.4 Å². The highest BCUT2D eigenvalue weighted by atomic mass is 19.1. The fraction of sp³-hybridized carbons (Fsp3) is 0.500. The molecular weight excluding hydrogens is 231 g/mol. The van der Waals surface area contributed by atoms with Crippen LogP contribution in [0.1, 0.15) is 31.7 Å². The molecule has 0 spiro atoms. The van der Waals surface area contributed by atoms with Gasteiger partial charge in [0.15, 0.2) is 0 Å². The molecule has 0 aliphatic rings. The van der Waals surface area contributed by atoms with Gasteiger partial charge in [-0.15, -0.1) is 0 Å². The van der Waals surface area contributed by atoms with E-state index in [2.05, 4.69) is 0 Å². The highest BCUT2D eigenvalue weighted by Gasteiger charge is 2.13. The molecule has 0 aliphatic carbocycles. The fourth-order valence-corrected chi connectivity index (χ4v) is 1.85. The third-order valence-electron chi connectivity index (χ3n) is 2.83. The molecule has 0 saturated carbocycles.